The second-order valence-electron chi connectivity index (χ2n) is 16.5. The fraction of sp³-hybridized carbons (Fsp3) is 0. The Morgan fingerprint density at radius 3 is 1.11 bits per heavy atom. The molecule has 3 aromatic heterocycles. The Morgan fingerprint density at radius 2 is 0.625 bits per heavy atom. The van der Waals surface area contributed by atoms with Crippen LogP contribution in [0.2, 0.25) is 0 Å². The SMILES string of the molecule is c1ccc(-c2ccc(N(c3ccccc3)c3ccc(-n4c5ccccc5c5c6oc7c(ccc8c7c7ccccc7n8-c7ccc(-c8ccccc8)cc7)c6ccc54)cc3)cc2)cc1. The van der Waals surface area contributed by atoms with E-state index in [-0.39, 0.29) is 0 Å². The van der Waals surface area contributed by atoms with Crippen LogP contribution in [0.4, 0.5) is 17.1 Å². The zero-order chi connectivity index (χ0) is 42.1. The van der Waals surface area contributed by atoms with Crippen LogP contribution in [0.15, 0.2) is 241 Å². The summed E-state index contributed by atoms with van der Waals surface area (Å²) < 4.78 is 12.0. The minimum absolute atomic E-state index is 0.907. The number of furan rings is 1. The lowest BCUT2D eigenvalue weighted by Gasteiger charge is -2.26. The predicted molar refractivity (Wildman–Crippen MR) is 268 cm³/mol. The smallest absolute Gasteiger partial charge is 0.145 e. The van der Waals surface area contributed by atoms with Crippen LogP contribution < -0.4 is 4.90 Å². The van der Waals surface area contributed by atoms with Gasteiger partial charge in [-0.2, -0.15) is 0 Å². The highest BCUT2D eigenvalue weighted by molar-refractivity contribution is 6.29. The van der Waals surface area contributed by atoms with E-state index >= 15 is 0 Å². The summed E-state index contributed by atoms with van der Waals surface area (Å²) >= 11 is 0. The van der Waals surface area contributed by atoms with Crippen LogP contribution in [-0.2, 0) is 0 Å². The van der Waals surface area contributed by atoms with Gasteiger partial charge < -0.3 is 18.5 Å². The highest BCUT2D eigenvalue weighted by Crippen LogP contribution is 2.45. The number of nitrogens with zero attached hydrogens (tertiary/aromatic N) is 3. The number of benzene rings is 10. The molecule has 0 bridgehead atoms. The molecule has 0 aliphatic rings. The molecule has 0 radical (unpaired) electrons. The van der Waals surface area contributed by atoms with E-state index in [9.17, 15) is 0 Å². The van der Waals surface area contributed by atoms with E-state index in [0.717, 1.165) is 88.6 Å². The van der Waals surface area contributed by atoms with Gasteiger partial charge in [-0.1, -0.05) is 140 Å². The number of anilines is 3. The fourth-order valence-electron chi connectivity index (χ4n) is 9.99. The average molecular weight is 818 g/mol. The summed E-state index contributed by atoms with van der Waals surface area (Å²) in [5.41, 5.74) is 16.6. The number of hydrogen-bond acceptors (Lipinski definition) is 2. The van der Waals surface area contributed by atoms with Crippen LogP contribution in [0.1, 0.15) is 0 Å². The summed E-state index contributed by atoms with van der Waals surface area (Å²) in [7, 11) is 0. The predicted octanol–water partition coefficient (Wildman–Crippen LogP) is 16.6. The van der Waals surface area contributed by atoms with Gasteiger partial charge in [-0.05, 0) is 119 Å². The van der Waals surface area contributed by atoms with Crippen molar-refractivity contribution >= 4 is 82.6 Å². The lowest BCUT2D eigenvalue weighted by atomic mass is 10.0. The highest BCUT2D eigenvalue weighted by Gasteiger charge is 2.23. The molecule has 0 aliphatic carbocycles. The van der Waals surface area contributed by atoms with E-state index in [1.54, 1.807) is 0 Å². The molecule has 0 spiro atoms. The molecule has 300 valence electrons. The molecular weight excluding hydrogens is 779 g/mol. The number of hydrogen-bond donors (Lipinski definition) is 0. The molecule has 13 aromatic rings. The first-order valence-electron chi connectivity index (χ1n) is 21.8. The first-order chi connectivity index (χ1) is 31.8. The van der Waals surface area contributed by atoms with Crippen LogP contribution in [0.25, 0.3) is 99.2 Å². The molecule has 4 heteroatoms. The van der Waals surface area contributed by atoms with Gasteiger partial charge in [0.05, 0.1) is 32.8 Å². The minimum Gasteiger partial charge on any atom is -0.455 e. The largest absolute Gasteiger partial charge is 0.455 e. The third-order valence-corrected chi connectivity index (χ3v) is 12.9. The second-order valence-corrected chi connectivity index (χ2v) is 16.5. The Bertz CT molecular complexity index is 3850. The van der Waals surface area contributed by atoms with Crippen molar-refractivity contribution in [2.75, 3.05) is 4.90 Å². The molecule has 0 amide bonds. The van der Waals surface area contributed by atoms with Crippen LogP contribution in [0.5, 0.6) is 0 Å². The zero-order valence-electron chi connectivity index (χ0n) is 34.8. The second kappa shape index (κ2) is 14.5. The van der Waals surface area contributed by atoms with Gasteiger partial charge in [0, 0.05) is 50.0 Å². The first kappa shape index (κ1) is 36.1. The van der Waals surface area contributed by atoms with Gasteiger partial charge in [0.1, 0.15) is 11.2 Å². The van der Waals surface area contributed by atoms with E-state index in [2.05, 4.69) is 251 Å². The Morgan fingerprint density at radius 1 is 0.266 bits per heavy atom. The van der Waals surface area contributed by atoms with E-state index in [1.165, 1.54) is 27.6 Å². The van der Waals surface area contributed by atoms with Gasteiger partial charge in [0.25, 0.3) is 0 Å². The van der Waals surface area contributed by atoms with Gasteiger partial charge in [-0.3, -0.25) is 0 Å². The quantitative estimate of drug-likeness (QED) is 0.160. The molecule has 13 rings (SSSR count). The molecule has 0 aliphatic heterocycles. The fourth-order valence-corrected chi connectivity index (χ4v) is 9.99. The highest BCUT2D eigenvalue weighted by atomic mass is 16.3. The third kappa shape index (κ3) is 5.63. The van der Waals surface area contributed by atoms with Gasteiger partial charge in [-0.15, -0.1) is 0 Å². The van der Waals surface area contributed by atoms with Crippen molar-refractivity contribution in [2.24, 2.45) is 0 Å². The number of para-hydroxylation sites is 3. The lowest BCUT2D eigenvalue weighted by Crippen LogP contribution is -2.10. The molecule has 0 fully saturated rings. The Hall–Kier alpha value is -8.60. The lowest BCUT2D eigenvalue weighted by molar-refractivity contribution is 0.677. The van der Waals surface area contributed by atoms with Crippen LogP contribution in [0.3, 0.4) is 0 Å². The maximum Gasteiger partial charge on any atom is 0.145 e. The van der Waals surface area contributed by atoms with Gasteiger partial charge >= 0.3 is 0 Å². The van der Waals surface area contributed by atoms with Crippen LogP contribution >= 0.6 is 0 Å². The summed E-state index contributed by atoms with van der Waals surface area (Å²) in [4.78, 5) is 2.32. The Balaban J connectivity index is 0.948. The van der Waals surface area contributed by atoms with Gasteiger partial charge in [0.15, 0.2) is 0 Å². The van der Waals surface area contributed by atoms with E-state index in [4.69, 9.17) is 4.42 Å². The van der Waals surface area contributed by atoms with E-state index in [1.807, 2.05) is 0 Å². The number of aromatic nitrogens is 2. The number of fused-ring (bicyclic) bond motifs is 11. The summed E-state index contributed by atoms with van der Waals surface area (Å²) in [5.74, 6) is 0. The number of rotatable bonds is 7. The van der Waals surface area contributed by atoms with Crippen molar-refractivity contribution in [1.82, 2.24) is 9.13 Å². The summed E-state index contributed by atoms with van der Waals surface area (Å²) in [6.45, 7) is 0. The van der Waals surface area contributed by atoms with E-state index < -0.39 is 0 Å². The van der Waals surface area contributed by atoms with Crippen molar-refractivity contribution < 1.29 is 4.42 Å². The van der Waals surface area contributed by atoms with Crippen molar-refractivity contribution in [3.8, 4) is 33.6 Å². The first-order valence-corrected chi connectivity index (χ1v) is 21.8. The molecule has 0 unspecified atom stereocenters. The van der Waals surface area contributed by atoms with Crippen LogP contribution in [-0.4, -0.2) is 9.13 Å². The Kier molecular flexibility index (Phi) is 8.18. The maximum atomic E-state index is 7.22. The van der Waals surface area contributed by atoms with Crippen molar-refractivity contribution in [1.29, 1.82) is 0 Å². The van der Waals surface area contributed by atoms with Crippen molar-refractivity contribution in [2.45, 2.75) is 0 Å². The van der Waals surface area contributed by atoms with Crippen molar-refractivity contribution in [3.05, 3.63) is 237 Å². The summed E-state index contributed by atoms with van der Waals surface area (Å²) in [5, 5.41) is 6.81. The molecule has 4 nitrogen and oxygen atoms in total. The average Bonchev–Trinajstić information content (AvgIpc) is 4.03. The monoisotopic (exact) mass is 817 g/mol. The Labute approximate surface area is 369 Å². The standard InChI is InChI=1S/C60H39N3O/c1-4-14-40(15-5-1)42-24-28-45(29-25-42)61(44-18-8-3-9-19-44)46-32-34-48(35-33-46)63-54-23-13-11-21-52(54)58-56(63)39-37-50-49-36-38-55-57(59(49)64-60(50)58)51-20-10-12-22-53(51)62(55)47-30-26-43(27-31-47)41-16-6-2-7-17-41/h1-39H. The van der Waals surface area contributed by atoms with Gasteiger partial charge in [-0.25, -0.2) is 0 Å². The molecule has 0 N–H and O–H groups in total. The van der Waals surface area contributed by atoms with Crippen molar-refractivity contribution in [3.63, 3.8) is 0 Å². The summed E-state index contributed by atoms with van der Waals surface area (Å²) in [6.07, 6.45) is 0. The molecular formula is C60H39N3O. The molecule has 3 heterocycles. The van der Waals surface area contributed by atoms with Gasteiger partial charge in [0.2, 0.25) is 0 Å². The topological polar surface area (TPSA) is 26.2 Å². The van der Waals surface area contributed by atoms with Crippen LogP contribution in [0, 0.1) is 0 Å². The molecule has 0 saturated carbocycles. The maximum absolute atomic E-state index is 7.22. The third-order valence-electron chi connectivity index (χ3n) is 12.9. The molecule has 10 aromatic carbocycles. The normalized spacial score (nSPS) is 11.8. The zero-order valence-corrected chi connectivity index (χ0v) is 34.8. The molecule has 0 saturated heterocycles. The van der Waals surface area contributed by atoms with E-state index in [0.29, 0.717) is 0 Å². The molecule has 0 atom stereocenters. The molecule has 64 heavy (non-hydrogen) atoms. The summed E-state index contributed by atoms with van der Waals surface area (Å²) in [6, 6.07) is 84.8. The minimum atomic E-state index is 0.907.